The second kappa shape index (κ2) is 4.40. The fourth-order valence-electron chi connectivity index (χ4n) is 1.05. The molecule has 0 amide bonds. The number of carboxylic acid groups (broad SMARTS) is 1. The molecular formula is C11H14FNO2. The number of hydrogen-bond acceptors (Lipinski definition) is 2. The van der Waals surface area contributed by atoms with Crippen molar-refractivity contribution >= 4 is 5.97 Å². The number of benzene rings is 1. The van der Waals surface area contributed by atoms with E-state index in [1.54, 1.807) is 26.0 Å². The van der Waals surface area contributed by atoms with Gasteiger partial charge in [0.1, 0.15) is 11.4 Å². The monoisotopic (exact) mass is 211 g/mol. The van der Waals surface area contributed by atoms with Gasteiger partial charge in [0, 0.05) is 6.54 Å². The van der Waals surface area contributed by atoms with Crippen molar-refractivity contribution in [3.8, 4) is 0 Å². The van der Waals surface area contributed by atoms with Gasteiger partial charge in [-0.1, -0.05) is 12.1 Å². The van der Waals surface area contributed by atoms with Crippen LogP contribution in [0.25, 0.3) is 0 Å². The third-order valence-electron chi connectivity index (χ3n) is 2.16. The van der Waals surface area contributed by atoms with Crippen LogP contribution in [0.15, 0.2) is 24.3 Å². The Morgan fingerprint density at radius 1 is 1.53 bits per heavy atom. The first kappa shape index (κ1) is 11.7. The van der Waals surface area contributed by atoms with Crippen LogP contribution in [0.5, 0.6) is 0 Å². The lowest BCUT2D eigenvalue weighted by molar-refractivity contribution is -0.143. The zero-order chi connectivity index (χ0) is 11.5. The lowest BCUT2D eigenvalue weighted by Crippen LogP contribution is -2.46. The van der Waals surface area contributed by atoms with E-state index in [9.17, 15) is 9.18 Å². The molecule has 0 saturated heterocycles. The van der Waals surface area contributed by atoms with E-state index < -0.39 is 11.5 Å². The first-order chi connectivity index (χ1) is 6.92. The highest BCUT2D eigenvalue weighted by molar-refractivity contribution is 5.77. The molecular weight excluding hydrogens is 197 g/mol. The van der Waals surface area contributed by atoms with E-state index in [0.717, 1.165) is 5.56 Å². The van der Waals surface area contributed by atoms with Crippen molar-refractivity contribution in [2.45, 2.75) is 25.9 Å². The van der Waals surface area contributed by atoms with Crippen LogP contribution < -0.4 is 5.32 Å². The van der Waals surface area contributed by atoms with Gasteiger partial charge in [-0.25, -0.2) is 4.39 Å². The Kier molecular flexibility index (Phi) is 3.42. The Bertz CT molecular complexity index is 363. The molecule has 0 aliphatic rings. The van der Waals surface area contributed by atoms with E-state index >= 15 is 0 Å². The maximum atomic E-state index is 12.8. The summed E-state index contributed by atoms with van der Waals surface area (Å²) < 4.78 is 12.8. The number of aliphatic carboxylic acids is 1. The molecule has 1 rings (SSSR count). The van der Waals surface area contributed by atoms with Crippen LogP contribution in [0, 0.1) is 5.82 Å². The minimum atomic E-state index is -1.01. The minimum absolute atomic E-state index is 0.317. The highest BCUT2D eigenvalue weighted by atomic mass is 19.1. The summed E-state index contributed by atoms with van der Waals surface area (Å²) in [7, 11) is 0. The molecule has 0 heterocycles. The van der Waals surface area contributed by atoms with Gasteiger partial charge in [0.05, 0.1) is 0 Å². The van der Waals surface area contributed by atoms with E-state index in [0.29, 0.717) is 6.54 Å². The Morgan fingerprint density at radius 2 is 2.20 bits per heavy atom. The van der Waals surface area contributed by atoms with Crippen LogP contribution >= 0.6 is 0 Å². The second-order valence-corrected chi connectivity index (χ2v) is 3.91. The topological polar surface area (TPSA) is 49.3 Å². The van der Waals surface area contributed by atoms with Crippen molar-refractivity contribution in [2.24, 2.45) is 0 Å². The molecule has 0 saturated carbocycles. The van der Waals surface area contributed by atoms with Crippen molar-refractivity contribution in [3.63, 3.8) is 0 Å². The van der Waals surface area contributed by atoms with Crippen LogP contribution in [0.2, 0.25) is 0 Å². The van der Waals surface area contributed by atoms with Gasteiger partial charge in [-0.15, -0.1) is 0 Å². The lowest BCUT2D eigenvalue weighted by Gasteiger charge is -2.20. The fraction of sp³-hybridized carbons (Fsp3) is 0.364. The number of hydrogen-bond donors (Lipinski definition) is 2. The number of nitrogens with one attached hydrogen (secondary N) is 1. The third-order valence-corrected chi connectivity index (χ3v) is 2.16. The van der Waals surface area contributed by atoms with Gasteiger partial charge in [-0.3, -0.25) is 10.1 Å². The minimum Gasteiger partial charge on any atom is -0.480 e. The third kappa shape index (κ3) is 3.32. The van der Waals surface area contributed by atoms with Crippen molar-refractivity contribution < 1.29 is 14.3 Å². The predicted molar refractivity (Wildman–Crippen MR) is 55.0 cm³/mol. The Balaban J connectivity index is 2.61. The van der Waals surface area contributed by atoms with Crippen LogP contribution in [0.4, 0.5) is 4.39 Å². The maximum Gasteiger partial charge on any atom is 0.323 e. The SMILES string of the molecule is CC(C)(NCc1cccc(F)c1)C(=O)O. The summed E-state index contributed by atoms with van der Waals surface area (Å²) in [4.78, 5) is 10.8. The van der Waals surface area contributed by atoms with Crippen LogP contribution in [-0.4, -0.2) is 16.6 Å². The first-order valence-corrected chi connectivity index (χ1v) is 4.65. The van der Waals surface area contributed by atoms with Gasteiger partial charge < -0.3 is 5.11 Å². The van der Waals surface area contributed by atoms with Gasteiger partial charge >= 0.3 is 5.97 Å². The molecule has 0 spiro atoms. The van der Waals surface area contributed by atoms with E-state index in [2.05, 4.69) is 5.32 Å². The summed E-state index contributed by atoms with van der Waals surface area (Å²) in [6, 6.07) is 6.07. The van der Waals surface area contributed by atoms with Crippen molar-refractivity contribution in [2.75, 3.05) is 0 Å². The standard InChI is InChI=1S/C11H14FNO2/c1-11(2,10(14)15)13-7-8-4-3-5-9(12)6-8/h3-6,13H,7H2,1-2H3,(H,14,15). The smallest absolute Gasteiger partial charge is 0.323 e. The first-order valence-electron chi connectivity index (χ1n) is 4.65. The zero-order valence-electron chi connectivity index (χ0n) is 8.75. The Hall–Kier alpha value is -1.42. The number of carbonyl (C=O) groups is 1. The summed E-state index contributed by atoms with van der Waals surface area (Å²) in [6.45, 7) is 3.46. The van der Waals surface area contributed by atoms with Gasteiger partial charge in [0.25, 0.3) is 0 Å². The molecule has 3 nitrogen and oxygen atoms in total. The summed E-state index contributed by atoms with van der Waals surface area (Å²) in [5, 5.41) is 11.7. The summed E-state index contributed by atoms with van der Waals surface area (Å²) in [5.41, 5.74) is -0.281. The molecule has 15 heavy (non-hydrogen) atoms. The van der Waals surface area contributed by atoms with E-state index in [1.807, 2.05) is 0 Å². The van der Waals surface area contributed by atoms with E-state index in [4.69, 9.17) is 5.11 Å². The quantitative estimate of drug-likeness (QED) is 0.798. The molecule has 0 aliphatic heterocycles. The van der Waals surface area contributed by atoms with Crippen LogP contribution in [0.3, 0.4) is 0 Å². The van der Waals surface area contributed by atoms with Crippen molar-refractivity contribution in [1.29, 1.82) is 0 Å². The number of halogens is 1. The lowest BCUT2D eigenvalue weighted by atomic mass is 10.1. The van der Waals surface area contributed by atoms with Crippen molar-refractivity contribution in [1.82, 2.24) is 5.32 Å². The highest BCUT2D eigenvalue weighted by Crippen LogP contribution is 2.07. The Morgan fingerprint density at radius 3 is 2.73 bits per heavy atom. The molecule has 82 valence electrons. The average Bonchev–Trinajstić information content (AvgIpc) is 2.15. The molecule has 0 bridgehead atoms. The number of carboxylic acids is 1. The molecule has 0 aliphatic carbocycles. The zero-order valence-corrected chi connectivity index (χ0v) is 8.75. The maximum absolute atomic E-state index is 12.8. The molecule has 1 aromatic carbocycles. The molecule has 0 radical (unpaired) electrons. The fourth-order valence-corrected chi connectivity index (χ4v) is 1.05. The Labute approximate surface area is 87.9 Å². The van der Waals surface area contributed by atoms with Gasteiger partial charge in [0.15, 0.2) is 0 Å². The molecule has 2 N–H and O–H groups in total. The highest BCUT2D eigenvalue weighted by Gasteiger charge is 2.25. The summed E-state index contributed by atoms with van der Waals surface area (Å²) in [6.07, 6.45) is 0. The van der Waals surface area contributed by atoms with Gasteiger partial charge in [-0.2, -0.15) is 0 Å². The summed E-state index contributed by atoms with van der Waals surface area (Å²) in [5.74, 6) is -1.25. The molecule has 0 unspecified atom stereocenters. The summed E-state index contributed by atoms with van der Waals surface area (Å²) >= 11 is 0. The van der Waals surface area contributed by atoms with E-state index in [1.165, 1.54) is 12.1 Å². The largest absolute Gasteiger partial charge is 0.480 e. The molecule has 0 aromatic heterocycles. The van der Waals surface area contributed by atoms with Gasteiger partial charge in [0.2, 0.25) is 0 Å². The number of rotatable bonds is 4. The van der Waals surface area contributed by atoms with Crippen LogP contribution in [0.1, 0.15) is 19.4 Å². The molecule has 0 fully saturated rings. The second-order valence-electron chi connectivity index (χ2n) is 3.91. The predicted octanol–water partition coefficient (Wildman–Crippen LogP) is 1.78. The van der Waals surface area contributed by atoms with Crippen molar-refractivity contribution in [3.05, 3.63) is 35.6 Å². The van der Waals surface area contributed by atoms with E-state index in [-0.39, 0.29) is 5.82 Å². The van der Waals surface area contributed by atoms with Gasteiger partial charge in [-0.05, 0) is 31.5 Å². The molecule has 0 atom stereocenters. The molecule has 1 aromatic rings. The normalized spacial score (nSPS) is 11.4. The van der Waals surface area contributed by atoms with Crippen LogP contribution in [-0.2, 0) is 11.3 Å². The molecule has 4 heteroatoms. The average molecular weight is 211 g/mol.